The first kappa shape index (κ1) is 14.2. The van der Waals surface area contributed by atoms with Gasteiger partial charge in [-0.1, -0.05) is 11.8 Å². The topological polar surface area (TPSA) is 96.2 Å². The van der Waals surface area contributed by atoms with Crippen molar-refractivity contribution >= 4 is 17.7 Å². The number of nitrogens with zero attached hydrogens (tertiary/aromatic N) is 3. The lowest BCUT2D eigenvalue weighted by Crippen LogP contribution is -2.18. The lowest BCUT2D eigenvalue weighted by Gasteiger charge is -2.13. The molecule has 3 rings (SSSR count). The zero-order valence-electron chi connectivity index (χ0n) is 11.4. The van der Waals surface area contributed by atoms with Gasteiger partial charge in [-0.25, -0.2) is 0 Å². The zero-order valence-corrected chi connectivity index (χ0v) is 12.2. The number of furan rings is 1. The third kappa shape index (κ3) is 3.27. The molecule has 1 saturated heterocycles. The Hall–Kier alpha value is -1.80. The Morgan fingerprint density at radius 3 is 3.10 bits per heavy atom. The summed E-state index contributed by atoms with van der Waals surface area (Å²) in [6.07, 6.45) is 3.81. The minimum atomic E-state index is -0.383. The van der Waals surface area contributed by atoms with Gasteiger partial charge in [0.2, 0.25) is 11.7 Å². The van der Waals surface area contributed by atoms with Crippen LogP contribution in [-0.2, 0) is 16.1 Å². The Bertz CT molecular complexity index is 605. The summed E-state index contributed by atoms with van der Waals surface area (Å²) in [6, 6.07) is 3.63. The maximum absolute atomic E-state index is 11.0. The molecular formula is C13H16N4O3S. The van der Waals surface area contributed by atoms with Gasteiger partial charge in [-0.15, -0.1) is 10.2 Å². The molecule has 1 aliphatic heterocycles. The highest BCUT2D eigenvalue weighted by Gasteiger charge is 2.22. The van der Waals surface area contributed by atoms with Crippen LogP contribution in [0.5, 0.6) is 0 Å². The molecule has 1 aliphatic rings. The van der Waals surface area contributed by atoms with E-state index < -0.39 is 0 Å². The van der Waals surface area contributed by atoms with Crippen LogP contribution in [0.25, 0.3) is 11.6 Å². The van der Waals surface area contributed by atoms with Crippen molar-refractivity contribution in [1.82, 2.24) is 14.8 Å². The second-order valence-corrected chi connectivity index (χ2v) is 5.73. The van der Waals surface area contributed by atoms with E-state index in [1.807, 2.05) is 10.6 Å². The summed E-state index contributed by atoms with van der Waals surface area (Å²) in [6.45, 7) is 1.43. The second-order valence-electron chi connectivity index (χ2n) is 4.78. The van der Waals surface area contributed by atoms with Gasteiger partial charge in [-0.3, -0.25) is 9.36 Å². The average molecular weight is 308 g/mol. The number of thioether (sulfide) groups is 1. The van der Waals surface area contributed by atoms with Crippen molar-refractivity contribution < 1.29 is 13.9 Å². The van der Waals surface area contributed by atoms with E-state index >= 15 is 0 Å². The van der Waals surface area contributed by atoms with Gasteiger partial charge in [0, 0.05) is 6.61 Å². The van der Waals surface area contributed by atoms with E-state index in [9.17, 15) is 4.79 Å². The Morgan fingerprint density at radius 1 is 1.52 bits per heavy atom. The number of nitrogens with two attached hydrogens (primary N) is 1. The van der Waals surface area contributed by atoms with Crippen LogP contribution < -0.4 is 5.73 Å². The summed E-state index contributed by atoms with van der Waals surface area (Å²) in [4.78, 5) is 11.0. The minimum absolute atomic E-state index is 0.141. The Morgan fingerprint density at radius 2 is 2.43 bits per heavy atom. The second kappa shape index (κ2) is 6.31. The highest BCUT2D eigenvalue weighted by Crippen LogP contribution is 2.26. The van der Waals surface area contributed by atoms with Gasteiger partial charge in [-0.2, -0.15) is 0 Å². The van der Waals surface area contributed by atoms with Crippen molar-refractivity contribution in [3.8, 4) is 11.6 Å². The molecule has 1 unspecified atom stereocenters. The molecule has 1 atom stereocenters. The minimum Gasteiger partial charge on any atom is -0.461 e. The third-order valence-electron chi connectivity index (χ3n) is 3.21. The van der Waals surface area contributed by atoms with Crippen LogP contribution in [0.2, 0.25) is 0 Å². The normalized spacial score (nSPS) is 18.2. The van der Waals surface area contributed by atoms with Crippen LogP contribution in [0.3, 0.4) is 0 Å². The molecule has 2 aromatic rings. The van der Waals surface area contributed by atoms with E-state index in [1.165, 1.54) is 11.8 Å². The van der Waals surface area contributed by atoms with Crippen molar-refractivity contribution in [2.45, 2.75) is 30.6 Å². The average Bonchev–Trinajstić information content (AvgIpc) is 3.18. The van der Waals surface area contributed by atoms with Gasteiger partial charge >= 0.3 is 0 Å². The highest BCUT2D eigenvalue weighted by molar-refractivity contribution is 7.99. The Balaban J connectivity index is 1.86. The molecule has 112 valence electrons. The number of primary amides is 1. The SMILES string of the molecule is NC(=O)CSc1nnc(-c2ccco2)n1CC1CCCO1. The van der Waals surface area contributed by atoms with E-state index in [4.69, 9.17) is 14.9 Å². The molecule has 0 saturated carbocycles. The number of carbonyl (C=O) groups excluding carboxylic acids is 1. The van der Waals surface area contributed by atoms with Gasteiger partial charge in [0.1, 0.15) is 0 Å². The lowest BCUT2D eigenvalue weighted by molar-refractivity contribution is -0.115. The van der Waals surface area contributed by atoms with Gasteiger partial charge in [0.25, 0.3) is 0 Å². The van der Waals surface area contributed by atoms with E-state index in [-0.39, 0.29) is 17.8 Å². The maximum Gasteiger partial charge on any atom is 0.227 e. The predicted octanol–water partition coefficient (Wildman–Crippen LogP) is 1.29. The summed E-state index contributed by atoms with van der Waals surface area (Å²) in [5.74, 6) is 1.07. The van der Waals surface area contributed by atoms with Gasteiger partial charge in [0.05, 0.1) is 24.7 Å². The van der Waals surface area contributed by atoms with Gasteiger partial charge in [0.15, 0.2) is 10.9 Å². The number of aromatic nitrogens is 3. The molecule has 8 heteroatoms. The third-order valence-corrected chi connectivity index (χ3v) is 4.20. The molecule has 7 nitrogen and oxygen atoms in total. The Kier molecular flexibility index (Phi) is 4.26. The number of amides is 1. The van der Waals surface area contributed by atoms with E-state index in [0.29, 0.717) is 23.3 Å². The molecule has 3 heterocycles. The lowest BCUT2D eigenvalue weighted by atomic mass is 10.2. The van der Waals surface area contributed by atoms with Crippen LogP contribution in [0, 0.1) is 0 Å². The molecule has 0 bridgehead atoms. The summed E-state index contributed by atoms with van der Waals surface area (Å²) in [5.41, 5.74) is 5.19. The first-order valence-corrected chi connectivity index (χ1v) is 7.72. The van der Waals surface area contributed by atoms with Crippen molar-refractivity contribution in [3.63, 3.8) is 0 Å². The number of ether oxygens (including phenoxy) is 1. The number of carbonyl (C=O) groups is 1. The summed E-state index contributed by atoms with van der Waals surface area (Å²) in [7, 11) is 0. The van der Waals surface area contributed by atoms with Crippen LogP contribution in [0.4, 0.5) is 0 Å². The summed E-state index contributed by atoms with van der Waals surface area (Å²) in [5, 5.41) is 8.96. The van der Waals surface area contributed by atoms with Crippen molar-refractivity contribution in [2.24, 2.45) is 5.73 Å². The van der Waals surface area contributed by atoms with Crippen LogP contribution in [0.15, 0.2) is 28.0 Å². The molecule has 1 fully saturated rings. The quantitative estimate of drug-likeness (QED) is 0.808. The van der Waals surface area contributed by atoms with E-state index in [1.54, 1.807) is 12.3 Å². The van der Waals surface area contributed by atoms with Crippen LogP contribution >= 0.6 is 11.8 Å². The highest BCUT2D eigenvalue weighted by atomic mass is 32.2. The fourth-order valence-corrected chi connectivity index (χ4v) is 2.96. The summed E-state index contributed by atoms with van der Waals surface area (Å²) < 4.78 is 13.0. The molecule has 1 amide bonds. The number of hydrogen-bond donors (Lipinski definition) is 1. The van der Waals surface area contributed by atoms with Crippen LogP contribution in [0.1, 0.15) is 12.8 Å². The Labute approximate surface area is 125 Å². The molecule has 0 radical (unpaired) electrons. The molecule has 0 spiro atoms. The molecule has 0 aliphatic carbocycles. The van der Waals surface area contributed by atoms with Crippen molar-refractivity contribution in [1.29, 1.82) is 0 Å². The van der Waals surface area contributed by atoms with E-state index in [0.717, 1.165) is 19.4 Å². The first-order valence-electron chi connectivity index (χ1n) is 6.74. The summed E-state index contributed by atoms with van der Waals surface area (Å²) >= 11 is 1.27. The molecule has 0 aromatic carbocycles. The zero-order chi connectivity index (χ0) is 14.7. The first-order chi connectivity index (χ1) is 10.2. The van der Waals surface area contributed by atoms with Crippen molar-refractivity contribution in [2.75, 3.05) is 12.4 Å². The molecule has 21 heavy (non-hydrogen) atoms. The fraction of sp³-hybridized carbons (Fsp3) is 0.462. The van der Waals surface area contributed by atoms with Crippen LogP contribution in [-0.4, -0.2) is 39.1 Å². The number of hydrogen-bond acceptors (Lipinski definition) is 6. The van der Waals surface area contributed by atoms with Gasteiger partial charge in [-0.05, 0) is 25.0 Å². The predicted molar refractivity (Wildman–Crippen MR) is 76.6 cm³/mol. The smallest absolute Gasteiger partial charge is 0.227 e. The molecule has 2 N–H and O–H groups in total. The van der Waals surface area contributed by atoms with Gasteiger partial charge < -0.3 is 14.9 Å². The molecular weight excluding hydrogens is 292 g/mol. The largest absolute Gasteiger partial charge is 0.461 e. The van der Waals surface area contributed by atoms with E-state index in [2.05, 4.69) is 10.2 Å². The fourth-order valence-electron chi connectivity index (χ4n) is 2.28. The standard InChI is InChI=1S/C13H16N4O3S/c14-11(18)8-21-13-16-15-12(10-4-2-6-20-10)17(13)7-9-3-1-5-19-9/h2,4,6,9H,1,3,5,7-8H2,(H2,14,18). The monoisotopic (exact) mass is 308 g/mol. The maximum atomic E-state index is 11.0. The molecule has 2 aromatic heterocycles. The van der Waals surface area contributed by atoms with Crippen molar-refractivity contribution in [3.05, 3.63) is 18.4 Å². The number of rotatable bonds is 6.